The molecule has 0 bridgehead atoms. The van der Waals surface area contributed by atoms with E-state index in [1.54, 1.807) is 0 Å². The van der Waals surface area contributed by atoms with Crippen molar-refractivity contribution >= 4 is 18.2 Å². The first-order valence-corrected chi connectivity index (χ1v) is 6.33. The van der Waals surface area contributed by atoms with Crippen LogP contribution in [0.4, 0.5) is 5.69 Å². The summed E-state index contributed by atoms with van der Waals surface area (Å²) in [6.07, 6.45) is 0. The van der Waals surface area contributed by atoms with E-state index in [-0.39, 0.29) is 0 Å². The molecule has 0 aliphatic carbocycles. The van der Waals surface area contributed by atoms with Crippen molar-refractivity contribution in [2.45, 2.75) is 6.92 Å². The van der Waals surface area contributed by atoms with Gasteiger partial charge in [-0.1, -0.05) is 55.1 Å². The van der Waals surface area contributed by atoms with Crippen molar-refractivity contribution in [1.82, 2.24) is 0 Å². The van der Waals surface area contributed by atoms with Crippen molar-refractivity contribution < 1.29 is 0 Å². The molecule has 0 saturated heterocycles. The Kier molecular flexibility index (Phi) is 4.45. The van der Waals surface area contributed by atoms with Gasteiger partial charge in [-0.15, -0.1) is 0 Å². The minimum Gasteiger partial charge on any atom is -0.340 e. The summed E-state index contributed by atoms with van der Waals surface area (Å²) < 4.78 is 0. The van der Waals surface area contributed by atoms with Gasteiger partial charge in [0.2, 0.25) is 0 Å². The number of hydrogen-bond donors (Lipinski definition) is 1. The molecule has 3 nitrogen and oxygen atoms in total. The van der Waals surface area contributed by atoms with Crippen LogP contribution in [0, 0.1) is 6.92 Å². The van der Waals surface area contributed by atoms with Gasteiger partial charge in [0.1, 0.15) is 5.82 Å². The third kappa shape index (κ3) is 3.42. The molecule has 2 rings (SSSR count). The molecular formula is C17H17N3. The Bertz CT molecular complexity index is 642. The average Bonchev–Trinajstić information content (AvgIpc) is 2.48. The van der Waals surface area contributed by atoms with Crippen LogP contribution < -0.4 is 5.32 Å². The van der Waals surface area contributed by atoms with Gasteiger partial charge >= 0.3 is 0 Å². The Labute approximate surface area is 119 Å². The minimum atomic E-state index is 0.533. The lowest BCUT2D eigenvalue weighted by Crippen LogP contribution is -2.02. The molecule has 0 radical (unpaired) electrons. The monoisotopic (exact) mass is 263 g/mol. The largest absolute Gasteiger partial charge is 0.340 e. The van der Waals surface area contributed by atoms with Gasteiger partial charge in [0.05, 0.1) is 0 Å². The number of aryl methyl sites for hydroxylation is 1. The Balaban J connectivity index is 2.19. The fraction of sp³-hybridized carbons (Fsp3) is 0.0588. The number of anilines is 1. The maximum atomic E-state index is 4.38. The van der Waals surface area contributed by atoms with Crippen molar-refractivity contribution in [3.63, 3.8) is 0 Å². The third-order valence-corrected chi connectivity index (χ3v) is 2.85. The summed E-state index contributed by atoms with van der Waals surface area (Å²) in [4.78, 5) is 8.35. The highest BCUT2D eigenvalue weighted by atomic mass is 15.1. The summed E-state index contributed by atoms with van der Waals surface area (Å²) in [5.41, 5.74) is 3.03. The van der Waals surface area contributed by atoms with Crippen molar-refractivity contribution in [1.29, 1.82) is 0 Å². The van der Waals surface area contributed by atoms with E-state index in [9.17, 15) is 0 Å². The van der Waals surface area contributed by atoms with Crippen molar-refractivity contribution in [2.75, 3.05) is 5.32 Å². The fourth-order valence-electron chi connectivity index (χ4n) is 1.80. The topological polar surface area (TPSA) is 36.8 Å². The number of rotatable bonds is 4. The molecule has 0 aliphatic heterocycles. The number of benzene rings is 2. The second-order valence-electron chi connectivity index (χ2n) is 4.35. The zero-order chi connectivity index (χ0) is 14.4. The number of amidine groups is 1. The smallest absolute Gasteiger partial charge is 0.160 e. The van der Waals surface area contributed by atoms with Crippen LogP contribution in [0.5, 0.6) is 0 Å². The molecule has 0 saturated carbocycles. The lowest BCUT2D eigenvalue weighted by atomic mass is 10.2. The zero-order valence-corrected chi connectivity index (χ0v) is 11.5. The van der Waals surface area contributed by atoms with E-state index in [1.807, 2.05) is 61.5 Å². The summed E-state index contributed by atoms with van der Waals surface area (Å²) in [6.45, 7) is 9.51. The maximum absolute atomic E-state index is 4.38. The van der Waals surface area contributed by atoms with E-state index in [1.165, 1.54) is 0 Å². The summed E-state index contributed by atoms with van der Waals surface area (Å²) in [6, 6.07) is 17.7. The van der Waals surface area contributed by atoms with Crippen LogP contribution in [-0.4, -0.2) is 12.6 Å². The third-order valence-electron chi connectivity index (χ3n) is 2.85. The normalized spacial score (nSPS) is 10.9. The van der Waals surface area contributed by atoms with Gasteiger partial charge in [-0.05, 0) is 25.3 Å². The van der Waals surface area contributed by atoms with Crippen LogP contribution >= 0.6 is 0 Å². The molecule has 20 heavy (non-hydrogen) atoms. The first-order chi connectivity index (χ1) is 9.70. The van der Waals surface area contributed by atoms with Gasteiger partial charge in [0.15, 0.2) is 5.84 Å². The molecular weight excluding hydrogens is 246 g/mol. The predicted octanol–water partition coefficient (Wildman–Crippen LogP) is 4.03. The van der Waals surface area contributed by atoms with Crippen molar-refractivity contribution in [3.05, 3.63) is 78.1 Å². The lowest BCUT2D eigenvalue weighted by molar-refractivity contribution is 1.28. The molecule has 1 N–H and O–H groups in total. The highest BCUT2D eigenvalue weighted by Gasteiger charge is 2.02. The molecule has 100 valence electrons. The zero-order valence-electron chi connectivity index (χ0n) is 11.5. The molecule has 2 aromatic rings. The molecule has 0 heterocycles. The van der Waals surface area contributed by atoms with E-state index < -0.39 is 0 Å². The van der Waals surface area contributed by atoms with E-state index in [0.717, 1.165) is 16.8 Å². The van der Waals surface area contributed by atoms with E-state index in [0.29, 0.717) is 11.7 Å². The Morgan fingerprint density at radius 3 is 2.30 bits per heavy atom. The average molecular weight is 263 g/mol. The van der Waals surface area contributed by atoms with E-state index in [4.69, 9.17) is 0 Å². The number of nitrogens with one attached hydrogen (secondary N) is 1. The van der Waals surface area contributed by atoms with Crippen LogP contribution in [0.1, 0.15) is 11.1 Å². The number of nitrogens with zero attached hydrogens (tertiary/aromatic N) is 2. The summed E-state index contributed by atoms with van der Waals surface area (Å²) in [7, 11) is 0. The van der Waals surface area contributed by atoms with Crippen LogP contribution in [-0.2, 0) is 0 Å². The molecule has 0 fully saturated rings. The fourth-order valence-corrected chi connectivity index (χ4v) is 1.80. The molecule has 0 spiro atoms. The number of para-hydroxylation sites is 1. The van der Waals surface area contributed by atoms with Crippen LogP contribution in [0.25, 0.3) is 0 Å². The maximum Gasteiger partial charge on any atom is 0.160 e. The molecule has 0 atom stereocenters. The van der Waals surface area contributed by atoms with Crippen LogP contribution in [0.3, 0.4) is 0 Å². The summed E-state index contributed by atoms with van der Waals surface area (Å²) in [5, 5.41) is 3.17. The standard InChI is InChI=1S/C17H17N3/c1-13-9-7-8-12-16(13)19-14(2)20-17(18-3)15-10-5-4-6-11-15/h4-12,19H,2-3H2,1H3/b20-17-. The summed E-state index contributed by atoms with van der Waals surface area (Å²) >= 11 is 0. The van der Waals surface area contributed by atoms with Gasteiger partial charge < -0.3 is 5.32 Å². The Morgan fingerprint density at radius 2 is 1.65 bits per heavy atom. The second-order valence-corrected chi connectivity index (χ2v) is 4.35. The highest BCUT2D eigenvalue weighted by molar-refractivity contribution is 6.02. The minimum absolute atomic E-state index is 0.533. The summed E-state index contributed by atoms with van der Waals surface area (Å²) in [5.74, 6) is 1.09. The molecule has 0 aliphatic rings. The lowest BCUT2D eigenvalue weighted by Gasteiger charge is -2.09. The van der Waals surface area contributed by atoms with Crippen LogP contribution in [0.15, 0.2) is 77.0 Å². The van der Waals surface area contributed by atoms with Gasteiger partial charge in [-0.3, -0.25) is 0 Å². The number of hydrogen-bond acceptors (Lipinski definition) is 2. The van der Waals surface area contributed by atoms with Crippen LogP contribution in [0.2, 0.25) is 0 Å². The Hall–Kier alpha value is -2.68. The quantitative estimate of drug-likeness (QED) is 0.656. The molecule has 0 unspecified atom stereocenters. The van der Waals surface area contributed by atoms with Crippen molar-refractivity contribution in [2.24, 2.45) is 9.98 Å². The SMILES string of the molecule is C=N/C(=N\C(=C)Nc1ccccc1C)c1ccccc1. The predicted molar refractivity (Wildman–Crippen MR) is 86.5 cm³/mol. The Morgan fingerprint density at radius 1 is 1.00 bits per heavy atom. The van der Waals surface area contributed by atoms with Crippen molar-refractivity contribution in [3.8, 4) is 0 Å². The van der Waals surface area contributed by atoms with Gasteiger partial charge in [-0.2, -0.15) is 0 Å². The van der Waals surface area contributed by atoms with Gasteiger partial charge in [0, 0.05) is 11.3 Å². The first-order valence-electron chi connectivity index (χ1n) is 6.33. The molecule has 2 aromatic carbocycles. The first kappa shape index (κ1) is 13.7. The van der Waals surface area contributed by atoms with E-state index >= 15 is 0 Å². The molecule has 3 heteroatoms. The van der Waals surface area contributed by atoms with E-state index in [2.05, 4.69) is 28.6 Å². The number of aliphatic imine (C=N–C) groups is 2. The molecule has 0 aromatic heterocycles. The van der Waals surface area contributed by atoms with Gasteiger partial charge in [-0.25, -0.2) is 9.98 Å². The van der Waals surface area contributed by atoms with Gasteiger partial charge in [0.25, 0.3) is 0 Å². The second kappa shape index (κ2) is 6.48. The highest BCUT2D eigenvalue weighted by Crippen LogP contribution is 2.16. The molecule has 0 amide bonds.